The Kier molecular flexibility index (Phi) is 13.6. The number of carbonyl (C=O) groups excluding carboxylic acids is 3. The van der Waals surface area contributed by atoms with Gasteiger partial charge >= 0.3 is 12.1 Å². The van der Waals surface area contributed by atoms with E-state index in [4.69, 9.17) is 16.5 Å². The van der Waals surface area contributed by atoms with Gasteiger partial charge in [-0.05, 0) is 79.1 Å². The van der Waals surface area contributed by atoms with E-state index in [0.717, 1.165) is 24.3 Å². The molecule has 1 saturated carbocycles. The fourth-order valence-electron chi connectivity index (χ4n) is 5.25. The van der Waals surface area contributed by atoms with Gasteiger partial charge in [-0.1, -0.05) is 58.0 Å². The van der Waals surface area contributed by atoms with Gasteiger partial charge in [-0.3, -0.25) is 9.59 Å². The quantitative estimate of drug-likeness (QED) is 0.163. The van der Waals surface area contributed by atoms with E-state index in [9.17, 15) is 36.0 Å². The Hall–Kier alpha value is -3.20. The van der Waals surface area contributed by atoms with Crippen LogP contribution in [-0.2, 0) is 35.3 Å². The van der Waals surface area contributed by atoms with Crippen molar-refractivity contribution in [1.29, 1.82) is 0 Å². The molecule has 0 unspecified atom stereocenters. The third-order valence-electron chi connectivity index (χ3n) is 8.11. The SMILES string of the molecule is CC(C)[C@H](NCl)C(=O)N[C@H](C(=O)OC[C@@H](NC(=O)[C@H]1CC[C@H](NS(=O)(=O)c2ccc(C(F)(F)F)cc2)CC1)c1ccccc1)C(C)C. The van der Waals surface area contributed by atoms with Crippen molar-refractivity contribution in [2.24, 2.45) is 17.8 Å². The monoisotopic (exact) mass is 702 g/mol. The maximum atomic E-state index is 13.4. The lowest BCUT2D eigenvalue weighted by molar-refractivity contribution is -0.150. The zero-order valence-electron chi connectivity index (χ0n) is 26.6. The van der Waals surface area contributed by atoms with E-state index < -0.39 is 63.7 Å². The van der Waals surface area contributed by atoms with Crippen molar-refractivity contribution in [3.05, 3.63) is 65.7 Å². The lowest BCUT2D eigenvalue weighted by Gasteiger charge is -2.30. The fourth-order valence-corrected chi connectivity index (χ4v) is 6.91. The van der Waals surface area contributed by atoms with Crippen LogP contribution in [0.25, 0.3) is 0 Å². The third-order valence-corrected chi connectivity index (χ3v) is 9.88. The minimum Gasteiger partial charge on any atom is -0.462 e. The number of ether oxygens (including phenoxy) is 1. The molecule has 0 spiro atoms. The molecule has 0 radical (unpaired) electrons. The Labute approximate surface area is 278 Å². The van der Waals surface area contributed by atoms with Crippen LogP contribution in [0.4, 0.5) is 13.2 Å². The minimum atomic E-state index is -4.58. The summed E-state index contributed by atoms with van der Waals surface area (Å²) in [5.74, 6) is -2.28. The molecule has 47 heavy (non-hydrogen) atoms. The number of halogens is 4. The minimum absolute atomic E-state index is 0.136. The van der Waals surface area contributed by atoms with Crippen molar-refractivity contribution in [3.63, 3.8) is 0 Å². The Morgan fingerprint density at radius 1 is 0.872 bits per heavy atom. The molecule has 1 fully saturated rings. The van der Waals surface area contributed by atoms with Gasteiger partial charge in [0.2, 0.25) is 21.8 Å². The number of amides is 2. The van der Waals surface area contributed by atoms with Crippen LogP contribution in [0.15, 0.2) is 59.5 Å². The molecule has 1 aliphatic rings. The van der Waals surface area contributed by atoms with Gasteiger partial charge in [0.1, 0.15) is 18.7 Å². The molecule has 3 atom stereocenters. The summed E-state index contributed by atoms with van der Waals surface area (Å²) in [5, 5.41) is 5.66. The van der Waals surface area contributed by atoms with Crippen molar-refractivity contribution in [1.82, 2.24) is 20.2 Å². The number of esters is 1. The van der Waals surface area contributed by atoms with E-state index in [-0.39, 0.29) is 29.2 Å². The first-order valence-electron chi connectivity index (χ1n) is 15.4. The lowest BCUT2D eigenvalue weighted by atomic mass is 9.85. The van der Waals surface area contributed by atoms with E-state index in [1.807, 2.05) is 19.9 Å². The number of rotatable bonds is 14. The fraction of sp³-hybridized carbons (Fsp3) is 0.531. The molecule has 1 aliphatic carbocycles. The second-order valence-electron chi connectivity index (χ2n) is 12.4. The number of sulfonamides is 1. The number of nitrogens with one attached hydrogen (secondary N) is 4. The first-order chi connectivity index (χ1) is 22.0. The zero-order valence-corrected chi connectivity index (χ0v) is 28.2. The Morgan fingerprint density at radius 3 is 1.96 bits per heavy atom. The van der Waals surface area contributed by atoms with Gasteiger partial charge in [0.25, 0.3) is 0 Å². The van der Waals surface area contributed by atoms with Gasteiger partial charge in [0.05, 0.1) is 16.5 Å². The van der Waals surface area contributed by atoms with Crippen LogP contribution in [0.3, 0.4) is 0 Å². The van der Waals surface area contributed by atoms with Crippen LogP contribution in [-0.4, -0.2) is 50.9 Å². The number of benzene rings is 2. The molecule has 4 N–H and O–H groups in total. The maximum absolute atomic E-state index is 13.4. The largest absolute Gasteiger partial charge is 0.462 e. The van der Waals surface area contributed by atoms with E-state index >= 15 is 0 Å². The summed E-state index contributed by atoms with van der Waals surface area (Å²) in [6.45, 7) is 6.95. The third kappa shape index (κ3) is 10.9. The molecule has 0 heterocycles. The normalized spacial score (nSPS) is 19.1. The maximum Gasteiger partial charge on any atom is 0.416 e. The molecule has 15 heteroatoms. The van der Waals surface area contributed by atoms with Gasteiger partial charge < -0.3 is 15.4 Å². The van der Waals surface area contributed by atoms with Crippen LogP contribution in [0.1, 0.15) is 70.5 Å². The number of alkyl halides is 3. The highest BCUT2D eigenvalue weighted by molar-refractivity contribution is 7.89. The molecule has 0 aliphatic heterocycles. The van der Waals surface area contributed by atoms with E-state index in [1.165, 1.54) is 0 Å². The number of hydrogen-bond donors (Lipinski definition) is 4. The summed E-state index contributed by atoms with van der Waals surface area (Å²) >= 11 is 5.73. The van der Waals surface area contributed by atoms with Gasteiger partial charge in [-0.15, -0.1) is 0 Å². The molecule has 2 aromatic rings. The molecule has 2 aromatic carbocycles. The van der Waals surface area contributed by atoms with Crippen LogP contribution in [0, 0.1) is 17.8 Å². The standard InChI is InChI=1S/C32H42ClF3N4O6S/c1-19(2)27(39-33)30(42)38-28(20(3)4)31(43)46-18-26(21-8-6-5-7-9-21)37-29(41)22-10-14-24(15-11-22)40-47(44,45)25-16-12-23(13-17-25)32(34,35)36/h5-9,12-13,16-17,19-20,22,24,26-28,39-40H,10-11,14-15,18H2,1-4H3,(H,37,41)(H,38,42)/t22-,24-,26-,27+,28+/m1/s1. The predicted octanol–water partition coefficient (Wildman–Crippen LogP) is 4.85. The predicted molar refractivity (Wildman–Crippen MR) is 170 cm³/mol. The molecule has 0 aromatic heterocycles. The summed E-state index contributed by atoms with van der Waals surface area (Å²) in [4.78, 5) is 41.4. The van der Waals surface area contributed by atoms with Crippen molar-refractivity contribution in [2.75, 3.05) is 6.61 Å². The average Bonchev–Trinajstić information content (AvgIpc) is 3.01. The van der Waals surface area contributed by atoms with Crippen molar-refractivity contribution in [2.45, 2.75) is 88.6 Å². The first-order valence-corrected chi connectivity index (χ1v) is 17.3. The Balaban J connectivity index is 1.60. The smallest absolute Gasteiger partial charge is 0.416 e. The van der Waals surface area contributed by atoms with Crippen LogP contribution >= 0.6 is 11.8 Å². The molecule has 2 amide bonds. The van der Waals surface area contributed by atoms with E-state index in [0.29, 0.717) is 31.2 Å². The summed E-state index contributed by atoms with van der Waals surface area (Å²) in [7, 11) is -4.06. The highest BCUT2D eigenvalue weighted by atomic mass is 35.5. The summed E-state index contributed by atoms with van der Waals surface area (Å²) in [5.41, 5.74) is -0.249. The van der Waals surface area contributed by atoms with Crippen molar-refractivity contribution in [3.8, 4) is 0 Å². The average molecular weight is 703 g/mol. The molecule has 0 saturated heterocycles. The van der Waals surface area contributed by atoms with Gasteiger partial charge in [-0.2, -0.15) is 13.2 Å². The molecular formula is C32H42ClF3N4O6S. The molecule has 260 valence electrons. The first kappa shape index (κ1) is 38.2. The lowest BCUT2D eigenvalue weighted by Crippen LogP contribution is -2.52. The summed E-state index contributed by atoms with van der Waals surface area (Å²) < 4.78 is 72.3. The Morgan fingerprint density at radius 2 is 1.45 bits per heavy atom. The van der Waals surface area contributed by atoms with E-state index in [2.05, 4.69) is 20.2 Å². The second kappa shape index (κ2) is 16.8. The highest BCUT2D eigenvalue weighted by Crippen LogP contribution is 2.31. The van der Waals surface area contributed by atoms with Crippen molar-refractivity contribution < 1.29 is 40.7 Å². The molecule has 0 bridgehead atoms. The summed E-state index contributed by atoms with van der Waals surface area (Å²) in [6.07, 6.45) is -3.18. The van der Waals surface area contributed by atoms with E-state index in [1.54, 1.807) is 38.1 Å². The van der Waals surface area contributed by atoms with Gasteiger partial charge in [0, 0.05) is 12.0 Å². The van der Waals surface area contributed by atoms with Crippen LogP contribution in [0.5, 0.6) is 0 Å². The second-order valence-corrected chi connectivity index (χ2v) is 14.3. The highest BCUT2D eigenvalue weighted by Gasteiger charge is 2.34. The van der Waals surface area contributed by atoms with Gasteiger partial charge in [-0.25, -0.2) is 22.8 Å². The molecular weight excluding hydrogens is 661 g/mol. The Bertz CT molecular complexity index is 1450. The molecule has 3 rings (SSSR count). The zero-order chi connectivity index (χ0) is 34.9. The number of hydrogen-bond acceptors (Lipinski definition) is 7. The summed E-state index contributed by atoms with van der Waals surface area (Å²) in [6, 6.07) is 9.34. The van der Waals surface area contributed by atoms with Crippen LogP contribution in [0.2, 0.25) is 0 Å². The topological polar surface area (TPSA) is 143 Å². The number of carbonyl (C=O) groups is 3. The molecule has 10 nitrogen and oxygen atoms in total. The van der Waals surface area contributed by atoms with Crippen molar-refractivity contribution >= 4 is 39.6 Å². The van der Waals surface area contributed by atoms with Crippen LogP contribution < -0.4 is 20.2 Å². The van der Waals surface area contributed by atoms with Gasteiger partial charge in [0.15, 0.2) is 0 Å².